The Hall–Kier alpha value is -2.68. The number of cyclic esters (lactones) is 1. The number of carbonyl (C=O) groups excluding carboxylic acids is 2. The molecule has 0 N–H and O–H groups in total. The Morgan fingerprint density at radius 3 is 2.55 bits per heavy atom. The number of hydrogen-bond acceptors (Lipinski definition) is 6. The average molecular weight is 533 g/mol. The summed E-state index contributed by atoms with van der Waals surface area (Å²) in [7, 11) is 1.50. The minimum Gasteiger partial charge on any atom is -0.493 e. The first-order chi connectivity index (χ1) is 14.8. The van der Waals surface area contributed by atoms with Gasteiger partial charge in [0.05, 0.1) is 10.7 Å². The van der Waals surface area contributed by atoms with Gasteiger partial charge in [-0.1, -0.05) is 32.9 Å². The summed E-state index contributed by atoms with van der Waals surface area (Å²) < 4.78 is 16.9. The van der Waals surface area contributed by atoms with E-state index in [1.807, 2.05) is 31.2 Å². The van der Waals surface area contributed by atoms with Gasteiger partial charge in [0.2, 0.25) is 5.90 Å². The van der Waals surface area contributed by atoms with Crippen LogP contribution in [-0.2, 0) is 14.3 Å². The third-order valence-corrected chi connectivity index (χ3v) is 5.47. The average Bonchev–Trinajstić information content (AvgIpc) is 3.10. The van der Waals surface area contributed by atoms with Gasteiger partial charge in [-0.25, -0.2) is 9.79 Å². The van der Waals surface area contributed by atoms with Crippen molar-refractivity contribution in [3.63, 3.8) is 0 Å². The molecule has 2 aromatic carbocycles. The molecule has 6 nitrogen and oxygen atoms in total. The first-order valence-electron chi connectivity index (χ1n) is 10.0. The summed E-state index contributed by atoms with van der Waals surface area (Å²) in [5, 5.41) is 0. The van der Waals surface area contributed by atoms with Crippen LogP contribution in [0.2, 0.25) is 0 Å². The predicted octanol–water partition coefficient (Wildman–Crippen LogP) is 5.47. The second-order valence-corrected chi connectivity index (χ2v) is 8.53. The Morgan fingerprint density at radius 1 is 1.23 bits per heavy atom. The van der Waals surface area contributed by atoms with E-state index in [0.717, 1.165) is 5.56 Å². The molecule has 162 valence electrons. The summed E-state index contributed by atoms with van der Waals surface area (Å²) >= 11 is 2.07. The molecule has 0 saturated heterocycles. The van der Waals surface area contributed by atoms with Gasteiger partial charge in [0.1, 0.15) is 0 Å². The predicted molar refractivity (Wildman–Crippen MR) is 127 cm³/mol. The van der Waals surface area contributed by atoms with Crippen LogP contribution in [0.4, 0.5) is 0 Å². The zero-order chi connectivity index (χ0) is 22.5. The molecule has 0 aromatic heterocycles. The van der Waals surface area contributed by atoms with Crippen LogP contribution in [-0.4, -0.2) is 24.9 Å². The zero-order valence-electron chi connectivity index (χ0n) is 17.9. The van der Waals surface area contributed by atoms with Gasteiger partial charge in [-0.05, 0) is 76.4 Å². The number of nitrogens with zero attached hydrogens (tertiary/aromatic N) is 1. The van der Waals surface area contributed by atoms with E-state index in [0.29, 0.717) is 39.4 Å². The summed E-state index contributed by atoms with van der Waals surface area (Å²) in [5.41, 5.74) is 2.82. The van der Waals surface area contributed by atoms with E-state index in [1.165, 1.54) is 12.7 Å². The molecule has 7 heteroatoms. The lowest BCUT2D eigenvalue weighted by atomic mass is 10.0. The molecule has 0 spiro atoms. The molecule has 0 saturated carbocycles. The van der Waals surface area contributed by atoms with Gasteiger partial charge in [-0.2, -0.15) is 0 Å². The molecule has 1 heterocycles. The van der Waals surface area contributed by atoms with Crippen LogP contribution in [0.1, 0.15) is 56.2 Å². The van der Waals surface area contributed by atoms with E-state index in [1.54, 1.807) is 18.2 Å². The van der Waals surface area contributed by atoms with Crippen LogP contribution in [0, 0.1) is 3.57 Å². The van der Waals surface area contributed by atoms with Crippen molar-refractivity contribution in [2.24, 2.45) is 4.99 Å². The molecule has 3 rings (SSSR count). The molecule has 0 atom stereocenters. The molecule has 0 unspecified atom stereocenters. The minimum atomic E-state index is -0.518. The molecule has 0 amide bonds. The second kappa shape index (κ2) is 10.1. The second-order valence-electron chi connectivity index (χ2n) is 7.37. The fourth-order valence-electron chi connectivity index (χ4n) is 2.99. The summed E-state index contributed by atoms with van der Waals surface area (Å²) in [6.45, 7) is 6.15. The lowest BCUT2D eigenvalue weighted by Gasteiger charge is -2.12. The first kappa shape index (κ1) is 23.0. The van der Waals surface area contributed by atoms with Gasteiger partial charge < -0.3 is 14.2 Å². The monoisotopic (exact) mass is 533 g/mol. The van der Waals surface area contributed by atoms with Gasteiger partial charge in [0, 0.05) is 12.0 Å². The molecular formula is C24H24INO5. The van der Waals surface area contributed by atoms with Crippen molar-refractivity contribution < 1.29 is 23.8 Å². The van der Waals surface area contributed by atoms with Gasteiger partial charge in [0.25, 0.3) is 0 Å². The SMILES string of the molecule is CCCC(=O)Oc1c(I)cc(/C=C2\N=C(c3ccc(C(C)C)cc3)OC2=O)cc1OC. The van der Waals surface area contributed by atoms with E-state index < -0.39 is 5.97 Å². The van der Waals surface area contributed by atoms with Crippen molar-refractivity contribution in [2.45, 2.75) is 39.5 Å². The highest BCUT2D eigenvalue weighted by molar-refractivity contribution is 14.1. The van der Waals surface area contributed by atoms with Crippen molar-refractivity contribution in [3.8, 4) is 11.5 Å². The number of rotatable bonds is 7. The van der Waals surface area contributed by atoms with Crippen molar-refractivity contribution in [3.05, 3.63) is 62.4 Å². The van der Waals surface area contributed by atoms with E-state index in [9.17, 15) is 9.59 Å². The molecule has 2 aromatic rings. The van der Waals surface area contributed by atoms with E-state index >= 15 is 0 Å². The molecule has 0 aliphatic carbocycles. The van der Waals surface area contributed by atoms with Crippen LogP contribution in [0.15, 0.2) is 47.1 Å². The lowest BCUT2D eigenvalue weighted by Crippen LogP contribution is -2.09. The Labute approximate surface area is 195 Å². The van der Waals surface area contributed by atoms with E-state index in [2.05, 4.69) is 41.4 Å². The largest absolute Gasteiger partial charge is 0.493 e. The fraction of sp³-hybridized carbons (Fsp3) is 0.292. The van der Waals surface area contributed by atoms with Crippen molar-refractivity contribution in [1.29, 1.82) is 0 Å². The third-order valence-electron chi connectivity index (χ3n) is 4.67. The number of methoxy groups -OCH3 is 1. The maximum atomic E-state index is 12.4. The molecule has 0 bridgehead atoms. The number of ether oxygens (including phenoxy) is 3. The smallest absolute Gasteiger partial charge is 0.363 e. The van der Waals surface area contributed by atoms with Crippen molar-refractivity contribution in [1.82, 2.24) is 0 Å². The summed E-state index contributed by atoms with van der Waals surface area (Å²) in [6.07, 6.45) is 2.65. The first-order valence-corrected chi connectivity index (χ1v) is 11.1. The summed E-state index contributed by atoms with van der Waals surface area (Å²) in [5.74, 6) is 0.630. The van der Waals surface area contributed by atoms with E-state index in [4.69, 9.17) is 14.2 Å². The highest BCUT2D eigenvalue weighted by Crippen LogP contribution is 2.35. The maximum Gasteiger partial charge on any atom is 0.363 e. The van der Waals surface area contributed by atoms with E-state index in [-0.39, 0.29) is 17.6 Å². The van der Waals surface area contributed by atoms with Gasteiger partial charge in [-0.15, -0.1) is 0 Å². The number of hydrogen-bond donors (Lipinski definition) is 0. The van der Waals surface area contributed by atoms with Gasteiger partial charge in [0.15, 0.2) is 17.2 Å². The summed E-state index contributed by atoms with van der Waals surface area (Å²) in [4.78, 5) is 28.6. The topological polar surface area (TPSA) is 74.2 Å². The maximum absolute atomic E-state index is 12.4. The molecule has 1 aliphatic rings. The Morgan fingerprint density at radius 2 is 1.94 bits per heavy atom. The standard InChI is InChI=1S/C24H24INO5/c1-5-6-21(27)30-22-18(25)11-15(13-20(22)29-4)12-19-24(28)31-23(26-19)17-9-7-16(8-10-17)14(2)3/h7-14H,5-6H2,1-4H3/b19-12-. The number of esters is 2. The normalized spacial score (nSPS) is 14.6. The van der Waals surface area contributed by atoms with Gasteiger partial charge in [-0.3, -0.25) is 4.79 Å². The molecular weight excluding hydrogens is 509 g/mol. The van der Waals surface area contributed by atoms with Crippen LogP contribution in [0.3, 0.4) is 0 Å². The lowest BCUT2D eigenvalue weighted by molar-refractivity contribution is -0.134. The number of aliphatic imine (C=N–C) groups is 1. The third kappa shape index (κ3) is 5.52. The Kier molecular flexibility index (Phi) is 7.48. The zero-order valence-corrected chi connectivity index (χ0v) is 20.1. The number of benzene rings is 2. The number of halogens is 1. The Bertz CT molecular complexity index is 1050. The highest BCUT2D eigenvalue weighted by Gasteiger charge is 2.25. The molecule has 0 fully saturated rings. The van der Waals surface area contributed by atoms with Crippen LogP contribution in [0.5, 0.6) is 11.5 Å². The van der Waals surface area contributed by atoms with Crippen LogP contribution < -0.4 is 9.47 Å². The molecule has 31 heavy (non-hydrogen) atoms. The van der Waals surface area contributed by atoms with Crippen molar-refractivity contribution >= 4 is 46.5 Å². The van der Waals surface area contributed by atoms with Crippen LogP contribution >= 0.6 is 22.6 Å². The summed E-state index contributed by atoms with van der Waals surface area (Å²) in [6, 6.07) is 11.3. The Balaban J connectivity index is 1.89. The fourth-order valence-corrected chi connectivity index (χ4v) is 3.73. The minimum absolute atomic E-state index is 0.191. The quantitative estimate of drug-likeness (QED) is 0.204. The molecule has 1 aliphatic heterocycles. The highest BCUT2D eigenvalue weighted by atomic mass is 127. The van der Waals surface area contributed by atoms with Gasteiger partial charge >= 0.3 is 11.9 Å². The number of carbonyl (C=O) groups is 2. The van der Waals surface area contributed by atoms with Crippen molar-refractivity contribution in [2.75, 3.05) is 7.11 Å². The van der Waals surface area contributed by atoms with Crippen LogP contribution in [0.25, 0.3) is 6.08 Å². The molecule has 0 radical (unpaired) electrons.